The minimum atomic E-state index is -2.65. The van der Waals surface area contributed by atoms with E-state index < -0.39 is 36.1 Å². The molecule has 0 spiro atoms. The zero-order valence-corrected chi connectivity index (χ0v) is 19.9. The number of hydrogen-bond acceptors (Lipinski definition) is 6. The molecule has 1 aromatic carbocycles. The number of nitrogens with one attached hydrogen (secondary N) is 1. The van der Waals surface area contributed by atoms with Crippen LogP contribution in [0.5, 0.6) is 0 Å². The Balaban J connectivity index is 1.70. The fourth-order valence-corrected chi connectivity index (χ4v) is 4.60. The van der Waals surface area contributed by atoms with Crippen LogP contribution in [0.3, 0.4) is 0 Å². The van der Waals surface area contributed by atoms with Crippen LogP contribution in [-0.4, -0.2) is 51.5 Å². The van der Waals surface area contributed by atoms with Crippen molar-refractivity contribution in [3.63, 3.8) is 0 Å². The molecule has 33 heavy (non-hydrogen) atoms. The molecule has 0 saturated carbocycles. The van der Waals surface area contributed by atoms with E-state index in [1.807, 2.05) is 20.8 Å². The summed E-state index contributed by atoms with van der Waals surface area (Å²) in [6, 6.07) is 4.95. The molecule has 1 saturated heterocycles. The molecule has 3 rings (SSSR count). The van der Waals surface area contributed by atoms with Crippen molar-refractivity contribution in [2.75, 3.05) is 6.54 Å². The molecule has 2 unspecified atom stereocenters. The predicted molar refractivity (Wildman–Crippen MR) is 123 cm³/mol. The zero-order chi connectivity index (χ0) is 24.5. The Kier molecular flexibility index (Phi) is 7.50. The summed E-state index contributed by atoms with van der Waals surface area (Å²) in [5.41, 5.74) is 8.17. The smallest absolute Gasteiger partial charge is 0.281 e. The quantitative estimate of drug-likeness (QED) is 0.588. The number of amides is 2. The highest BCUT2D eigenvalue weighted by atomic mass is 32.1. The number of alkyl halides is 2. The second-order valence-electron chi connectivity index (χ2n) is 9.46. The van der Waals surface area contributed by atoms with E-state index in [0.29, 0.717) is 10.4 Å². The molecule has 4 atom stereocenters. The largest absolute Gasteiger partial charge is 0.391 e. The van der Waals surface area contributed by atoms with Gasteiger partial charge in [0.05, 0.1) is 28.6 Å². The van der Waals surface area contributed by atoms with Crippen molar-refractivity contribution in [3.8, 4) is 10.4 Å². The van der Waals surface area contributed by atoms with Crippen molar-refractivity contribution in [1.82, 2.24) is 15.2 Å². The highest BCUT2D eigenvalue weighted by Gasteiger charge is 2.42. The number of nitrogens with zero attached hydrogens (tertiary/aromatic N) is 2. The highest BCUT2D eigenvalue weighted by molar-refractivity contribution is 7.13. The molecule has 4 N–H and O–H groups in total. The average Bonchev–Trinajstić information content (AvgIpc) is 3.39. The molecule has 2 aromatic rings. The van der Waals surface area contributed by atoms with Gasteiger partial charge in [-0.05, 0) is 23.5 Å². The lowest BCUT2D eigenvalue weighted by Crippen LogP contribution is -2.55. The number of halogens is 2. The Hall–Kier alpha value is -2.43. The fraction of sp³-hybridized carbons (Fsp3) is 0.522. The van der Waals surface area contributed by atoms with E-state index in [-0.39, 0.29) is 30.5 Å². The van der Waals surface area contributed by atoms with Gasteiger partial charge in [0.1, 0.15) is 11.7 Å². The summed E-state index contributed by atoms with van der Waals surface area (Å²) in [4.78, 5) is 31.4. The number of nitrogens with two attached hydrogens (primary N) is 1. The number of rotatable bonds is 6. The fourth-order valence-electron chi connectivity index (χ4n) is 3.80. The monoisotopic (exact) mass is 480 g/mol. The number of benzene rings is 1. The third-order valence-electron chi connectivity index (χ3n) is 5.90. The maximum absolute atomic E-state index is 13.1. The zero-order valence-electron chi connectivity index (χ0n) is 19.1. The summed E-state index contributed by atoms with van der Waals surface area (Å²) >= 11 is 1.15. The maximum Gasteiger partial charge on any atom is 0.281 e. The van der Waals surface area contributed by atoms with E-state index in [1.165, 1.54) is 10.4 Å². The summed E-state index contributed by atoms with van der Waals surface area (Å²) in [5, 5.41) is 13.0. The Labute approximate surface area is 196 Å². The van der Waals surface area contributed by atoms with Crippen LogP contribution in [0.1, 0.15) is 57.8 Å². The molecule has 1 aliphatic heterocycles. The number of aliphatic hydroxyl groups is 1. The van der Waals surface area contributed by atoms with Crippen molar-refractivity contribution >= 4 is 23.2 Å². The Morgan fingerprint density at radius 1 is 1.27 bits per heavy atom. The normalized spacial score (nSPS) is 20.7. The molecule has 7 nitrogen and oxygen atoms in total. The first-order chi connectivity index (χ1) is 15.4. The van der Waals surface area contributed by atoms with Gasteiger partial charge in [-0.3, -0.25) is 9.59 Å². The molecular weight excluding hydrogens is 450 g/mol. The van der Waals surface area contributed by atoms with E-state index in [2.05, 4.69) is 10.3 Å². The molecule has 0 radical (unpaired) electrons. The number of β-amino-alcohol motifs (C(OH)–C–C–N with tert-alkyl or cyclic N) is 1. The summed E-state index contributed by atoms with van der Waals surface area (Å²) in [6.45, 7) is 7.39. The first-order valence-electron chi connectivity index (χ1n) is 10.8. The number of likely N-dealkylation sites (tertiary alicyclic amines) is 1. The van der Waals surface area contributed by atoms with Crippen LogP contribution >= 0.6 is 11.3 Å². The first-order valence-corrected chi connectivity index (χ1v) is 11.6. The van der Waals surface area contributed by atoms with Crippen molar-refractivity contribution in [3.05, 3.63) is 41.0 Å². The second-order valence-corrected chi connectivity index (χ2v) is 10.3. The number of thiazole rings is 1. The van der Waals surface area contributed by atoms with Crippen LogP contribution in [-0.2, 0) is 9.59 Å². The van der Waals surface area contributed by atoms with Gasteiger partial charge < -0.3 is 21.1 Å². The van der Waals surface area contributed by atoms with Crippen molar-refractivity contribution in [1.29, 1.82) is 0 Å². The summed E-state index contributed by atoms with van der Waals surface area (Å²) in [6.07, 6.45) is -3.31. The third kappa shape index (κ3) is 5.56. The summed E-state index contributed by atoms with van der Waals surface area (Å²) < 4.78 is 26.2. The molecule has 2 amide bonds. The van der Waals surface area contributed by atoms with Crippen molar-refractivity contribution in [2.24, 2.45) is 11.1 Å². The number of carbonyl (C=O) groups excluding carboxylic acids is 2. The van der Waals surface area contributed by atoms with E-state index in [9.17, 15) is 23.5 Å². The molecule has 180 valence electrons. The van der Waals surface area contributed by atoms with Crippen LogP contribution in [0.2, 0.25) is 0 Å². The van der Waals surface area contributed by atoms with Gasteiger partial charge in [0.15, 0.2) is 0 Å². The molecule has 2 heterocycles. The maximum atomic E-state index is 13.1. The van der Waals surface area contributed by atoms with Crippen LogP contribution < -0.4 is 11.1 Å². The highest BCUT2D eigenvalue weighted by Crippen LogP contribution is 2.34. The van der Waals surface area contributed by atoms with Gasteiger partial charge >= 0.3 is 0 Å². The number of aliphatic hydroxyl groups excluding tert-OH is 1. The predicted octanol–water partition coefficient (Wildman–Crippen LogP) is 3.26. The van der Waals surface area contributed by atoms with Gasteiger partial charge in [0.2, 0.25) is 11.8 Å². The van der Waals surface area contributed by atoms with Gasteiger partial charge in [0.25, 0.3) is 6.43 Å². The lowest BCUT2D eigenvalue weighted by Gasteiger charge is -2.32. The van der Waals surface area contributed by atoms with Gasteiger partial charge in [0, 0.05) is 13.0 Å². The molecule has 10 heteroatoms. The lowest BCUT2D eigenvalue weighted by molar-refractivity contribution is -0.141. The van der Waals surface area contributed by atoms with E-state index in [1.54, 1.807) is 31.2 Å². The third-order valence-corrected chi connectivity index (χ3v) is 6.79. The molecule has 0 bridgehead atoms. The van der Waals surface area contributed by atoms with E-state index in [0.717, 1.165) is 16.9 Å². The minimum absolute atomic E-state index is 0.0606. The SMILES string of the molecule is CC(NC(=O)[C@@H]1C[C@@H](O)CN1C(=O)C(N)C(C)(C)C)c1ccc(-c2scnc2C(F)F)cc1. The van der Waals surface area contributed by atoms with Gasteiger partial charge in [-0.15, -0.1) is 11.3 Å². The van der Waals surface area contributed by atoms with Crippen LogP contribution in [0.15, 0.2) is 29.8 Å². The Bertz CT molecular complexity index is 990. The average molecular weight is 481 g/mol. The molecular formula is C23H30F2N4O3S. The van der Waals surface area contributed by atoms with Crippen LogP contribution in [0.4, 0.5) is 8.78 Å². The Morgan fingerprint density at radius 2 is 1.91 bits per heavy atom. The van der Waals surface area contributed by atoms with Gasteiger partial charge in [-0.1, -0.05) is 45.0 Å². The van der Waals surface area contributed by atoms with Crippen molar-refractivity contribution in [2.45, 2.75) is 64.8 Å². The Morgan fingerprint density at radius 3 is 2.48 bits per heavy atom. The van der Waals surface area contributed by atoms with Crippen LogP contribution in [0.25, 0.3) is 10.4 Å². The topological polar surface area (TPSA) is 109 Å². The van der Waals surface area contributed by atoms with Crippen molar-refractivity contribution < 1.29 is 23.5 Å². The molecule has 1 aliphatic rings. The first kappa shape index (κ1) is 25.2. The van der Waals surface area contributed by atoms with E-state index in [4.69, 9.17) is 5.73 Å². The molecule has 0 aliphatic carbocycles. The second kappa shape index (κ2) is 9.82. The summed E-state index contributed by atoms with van der Waals surface area (Å²) in [7, 11) is 0. The van der Waals surface area contributed by atoms with Gasteiger partial charge in [-0.25, -0.2) is 13.8 Å². The number of aromatic nitrogens is 1. The van der Waals surface area contributed by atoms with Gasteiger partial charge in [-0.2, -0.15) is 0 Å². The minimum Gasteiger partial charge on any atom is -0.391 e. The standard InChI is InChI=1S/C23H30F2N4O3S/c1-12(13-5-7-14(8-6-13)18-17(20(24)25)27-11-33-18)28-21(31)16-9-15(30)10-29(16)22(32)19(26)23(2,3)4/h5-8,11-12,15-16,19-20,30H,9-10,26H2,1-4H3,(H,28,31)/t12?,15-,16+,19?/m1/s1. The molecule has 1 aromatic heterocycles. The summed E-state index contributed by atoms with van der Waals surface area (Å²) in [5.74, 6) is -0.740. The number of carbonyl (C=O) groups is 2. The number of hydrogen-bond donors (Lipinski definition) is 3. The van der Waals surface area contributed by atoms with E-state index >= 15 is 0 Å². The molecule has 1 fully saturated rings. The van der Waals surface area contributed by atoms with Crippen LogP contribution in [0, 0.1) is 5.41 Å². The lowest BCUT2D eigenvalue weighted by atomic mass is 9.86.